The second-order valence-corrected chi connectivity index (χ2v) is 10.3. The summed E-state index contributed by atoms with van der Waals surface area (Å²) in [6.07, 6.45) is 3.14. The van der Waals surface area contributed by atoms with Gasteiger partial charge in [-0.1, -0.05) is 29.8 Å². The number of anilines is 1. The molecule has 1 aromatic heterocycles. The zero-order valence-corrected chi connectivity index (χ0v) is 19.7. The number of nitro benzene ring substituents is 1. The van der Waals surface area contributed by atoms with Crippen molar-refractivity contribution in [2.45, 2.75) is 24.4 Å². The molecule has 0 saturated carbocycles. The Bertz CT molecular complexity index is 1380. The first-order valence-corrected chi connectivity index (χ1v) is 12.5. The van der Waals surface area contributed by atoms with Crippen LogP contribution < -0.4 is 5.32 Å². The third-order valence-electron chi connectivity index (χ3n) is 7.47. The summed E-state index contributed by atoms with van der Waals surface area (Å²) >= 11 is 1.71. The minimum atomic E-state index is -1.21. The third-order valence-corrected chi connectivity index (χ3v) is 8.51. The van der Waals surface area contributed by atoms with E-state index in [0.717, 1.165) is 16.9 Å². The molecule has 3 aliphatic heterocycles. The predicted octanol–water partition coefficient (Wildman–Crippen LogP) is 4.12. The van der Waals surface area contributed by atoms with Gasteiger partial charge in [0.2, 0.25) is 5.91 Å². The molecule has 2 fully saturated rings. The molecule has 35 heavy (non-hydrogen) atoms. The van der Waals surface area contributed by atoms with Crippen LogP contribution in [-0.4, -0.2) is 44.2 Å². The maximum Gasteiger partial charge on any atom is 0.269 e. The molecular weight excluding hydrogens is 464 g/mol. The van der Waals surface area contributed by atoms with Crippen molar-refractivity contribution in [2.75, 3.05) is 16.9 Å². The Balaban J connectivity index is 1.63. The van der Waals surface area contributed by atoms with Crippen molar-refractivity contribution in [2.24, 2.45) is 5.92 Å². The molecule has 3 aromatic rings. The molecular formula is C26H22N4O4S. The number of nitrogens with one attached hydrogen (secondary N) is 1. The Morgan fingerprint density at radius 3 is 2.86 bits per heavy atom. The van der Waals surface area contributed by atoms with Crippen LogP contribution in [0.15, 0.2) is 67.0 Å². The highest BCUT2D eigenvalue weighted by atomic mass is 32.2. The molecule has 1 spiro atoms. The normalized spacial score (nSPS) is 27.0. The zero-order chi connectivity index (χ0) is 24.3. The molecule has 8 nitrogen and oxygen atoms in total. The zero-order valence-electron chi connectivity index (χ0n) is 18.9. The highest BCUT2D eigenvalue weighted by Gasteiger charge is 2.69. The van der Waals surface area contributed by atoms with Crippen molar-refractivity contribution in [3.05, 3.63) is 99.4 Å². The SMILES string of the molecule is Cc1ccc2c(c1)[C@]1(C(=O)N2)C(C(=O)c2cccnc2)C(c2cccc([N+](=O)[O-])c2)C2CSCN21. The van der Waals surface area contributed by atoms with Gasteiger partial charge in [0.1, 0.15) is 5.54 Å². The van der Waals surface area contributed by atoms with Crippen molar-refractivity contribution >= 4 is 34.8 Å². The smallest absolute Gasteiger partial charge is 0.269 e. The van der Waals surface area contributed by atoms with Crippen LogP contribution in [0.2, 0.25) is 0 Å². The number of carbonyl (C=O) groups is 2. The molecule has 1 N–H and O–H groups in total. The van der Waals surface area contributed by atoms with E-state index >= 15 is 0 Å². The van der Waals surface area contributed by atoms with E-state index in [1.807, 2.05) is 31.2 Å². The summed E-state index contributed by atoms with van der Waals surface area (Å²) < 4.78 is 0. The van der Waals surface area contributed by atoms with E-state index in [0.29, 0.717) is 22.7 Å². The van der Waals surface area contributed by atoms with Crippen LogP contribution in [0.3, 0.4) is 0 Å². The number of rotatable bonds is 4. The molecule has 4 heterocycles. The topological polar surface area (TPSA) is 105 Å². The van der Waals surface area contributed by atoms with E-state index in [1.54, 1.807) is 42.2 Å². The van der Waals surface area contributed by atoms with Crippen molar-refractivity contribution in [1.82, 2.24) is 9.88 Å². The number of nitro groups is 1. The third kappa shape index (κ3) is 3.08. The lowest BCUT2D eigenvalue weighted by Gasteiger charge is -2.36. The van der Waals surface area contributed by atoms with Crippen LogP contribution in [-0.2, 0) is 10.3 Å². The standard InChI is InChI=1S/C26H22N4O4S/c1-15-7-8-20-19(10-15)26(25(32)28-20)23(24(31)17-5-3-9-27-12-17)22(21-13-35-14-29(21)26)16-4-2-6-18(11-16)30(33)34/h2-12,21-23H,13-14H2,1H3,(H,28,32)/t21?,22?,23?,26-/m1/s1. The highest BCUT2D eigenvalue weighted by molar-refractivity contribution is 7.99. The second kappa shape index (κ2) is 8.00. The summed E-state index contributed by atoms with van der Waals surface area (Å²) in [5.41, 5.74) is 2.39. The van der Waals surface area contributed by atoms with Crippen LogP contribution in [0.5, 0.6) is 0 Å². The first-order valence-electron chi connectivity index (χ1n) is 11.4. The van der Waals surface area contributed by atoms with Crippen LogP contribution in [0.25, 0.3) is 0 Å². The Labute approximate surface area is 205 Å². The molecule has 2 aromatic carbocycles. The Morgan fingerprint density at radius 1 is 1.23 bits per heavy atom. The van der Waals surface area contributed by atoms with Gasteiger partial charge in [-0.25, -0.2) is 0 Å². The average molecular weight is 487 g/mol. The van der Waals surface area contributed by atoms with E-state index in [9.17, 15) is 19.7 Å². The van der Waals surface area contributed by atoms with E-state index in [-0.39, 0.29) is 23.4 Å². The fourth-order valence-electron chi connectivity index (χ4n) is 6.10. The first-order chi connectivity index (χ1) is 16.9. The first kappa shape index (κ1) is 21.9. The van der Waals surface area contributed by atoms with E-state index in [2.05, 4.69) is 15.2 Å². The number of pyridine rings is 1. The molecule has 3 unspecified atom stereocenters. The summed E-state index contributed by atoms with van der Waals surface area (Å²) in [6.45, 7) is 1.97. The van der Waals surface area contributed by atoms with Gasteiger partial charge < -0.3 is 5.32 Å². The number of carbonyl (C=O) groups excluding carboxylic acids is 2. The quantitative estimate of drug-likeness (QED) is 0.336. The number of amides is 1. The van der Waals surface area contributed by atoms with Crippen LogP contribution in [0.1, 0.15) is 33.0 Å². The number of nitrogens with zero attached hydrogens (tertiary/aromatic N) is 3. The van der Waals surface area contributed by atoms with Crippen LogP contribution in [0, 0.1) is 23.0 Å². The van der Waals surface area contributed by atoms with Gasteiger partial charge in [0, 0.05) is 64.9 Å². The van der Waals surface area contributed by atoms with Crippen LogP contribution in [0.4, 0.5) is 11.4 Å². The van der Waals surface area contributed by atoms with Crippen molar-refractivity contribution in [3.63, 3.8) is 0 Å². The number of thioether (sulfide) groups is 1. The van der Waals surface area contributed by atoms with Gasteiger partial charge in [-0.05, 0) is 30.7 Å². The summed E-state index contributed by atoms with van der Waals surface area (Å²) in [6, 6.07) is 15.6. The van der Waals surface area contributed by atoms with E-state index in [1.165, 1.54) is 12.3 Å². The molecule has 2 saturated heterocycles. The number of ketones is 1. The van der Waals surface area contributed by atoms with E-state index < -0.39 is 22.3 Å². The maximum absolute atomic E-state index is 14.3. The molecule has 3 aliphatic rings. The lowest BCUT2D eigenvalue weighted by Crippen LogP contribution is -2.52. The van der Waals surface area contributed by atoms with Crippen molar-refractivity contribution in [3.8, 4) is 0 Å². The fourth-order valence-corrected chi connectivity index (χ4v) is 7.42. The summed E-state index contributed by atoms with van der Waals surface area (Å²) in [5.74, 6) is -0.273. The summed E-state index contributed by atoms with van der Waals surface area (Å²) in [4.78, 5) is 45.7. The number of hydrogen-bond donors (Lipinski definition) is 1. The van der Waals surface area contributed by atoms with Gasteiger partial charge in [0.05, 0.1) is 10.8 Å². The van der Waals surface area contributed by atoms with Gasteiger partial charge in [0.15, 0.2) is 5.78 Å². The number of benzene rings is 2. The molecule has 4 atom stereocenters. The van der Waals surface area contributed by atoms with E-state index in [4.69, 9.17) is 0 Å². The number of aromatic nitrogens is 1. The molecule has 1 amide bonds. The summed E-state index contributed by atoms with van der Waals surface area (Å²) in [5, 5.41) is 14.6. The van der Waals surface area contributed by atoms with Gasteiger partial charge in [-0.3, -0.25) is 29.6 Å². The predicted molar refractivity (Wildman–Crippen MR) is 132 cm³/mol. The lowest BCUT2D eigenvalue weighted by molar-refractivity contribution is -0.384. The minimum absolute atomic E-state index is 0.0275. The maximum atomic E-state index is 14.3. The van der Waals surface area contributed by atoms with Crippen molar-refractivity contribution < 1.29 is 14.5 Å². The molecule has 176 valence electrons. The monoisotopic (exact) mass is 486 g/mol. The summed E-state index contributed by atoms with van der Waals surface area (Å²) in [7, 11) is 0. The Hall–Kier alpha value is -3.56. The van der Waals surface area contributed by atoms with Gasteiger partial charge in [-0.2, -0.15) is 0 Å². The number of hydrogen-bond acceptors (Lipinski definition) is 7. The minimum Gasteiger partial charge on any atom is -0.324 e. The molecule has 9 heteroatoms. The van der Waals surface area contributed by atoms with Crippen LogP contribution >= 0.6 is 11.8 Å². The number of aryl methyl sites for hydroxylation is 1. The van der Waals surface area contributed by atoms with Gasteiger partial charge in [-0.15, -0.1) is 11.8 Å². The molecule has 6 rings (SSSR count). The van der Waals surface area contributed by atoms with Crippen molar-refractivity contribution in [1.29, 1.82) is 0 Å². The fraction of sp³-hybridized carbons (Fsp3) is 0.269. The highest BCUT2D eigenvalue weighted by Crippen LogP contribution is 2.61. The van der Waals surface area contributed by atoms with Gasteiger partial charge >= 0.3 is 0 Å². The molecule has 0 radical (unpaired) electrons. The Kier molecular flexibility index (Phi) is 5.01. The number of fused-ring (bicyclic) bond motifs is 4. The number of non-ortho nitro benzene ring substituents is 1. The molecule has 0 bridgehead atoms. The Morgan fingerprint density at radius 2 is 2.09 bits per heavy atom. The lowest BCUT2D eigenvalue weighted by atomic mass is 9.69. The van der Waals surface area contributed by atoms with Gasteiger partial charge in [0.25, 0.3) is 5.69 Å². The number of Topliss-reactive ketones (excluding diaryl/α,β-unsaturated/α-hetero) is 1. The second-order valence-electron chi connectivity index (χ2n) is 9.27. The largest absolute Gasteiger partial charge is 0.324 e. The average Bonchev–Trinajstić information content (AvgIpc) is 3.52. The molecule has 0 aliphatic carbocycles.